The molecule has 0 saturated carbocycles. The van der Waals surface area contributed by atoms with Crippen LogP contribution in [0.5, 0.6) is 0 Å². The lowest BCUT2D eigenvalue weighted by Gasteiger charge is -2.12. The van der Waals surface area contributed by atoms with Crippen molar-refractivity contribution in [2.45, 2.75) is 19.4 Å². The van der Waals surface area contributed by atoms with Gasteiger partial charge in [-0.1, -0.05) is 6.92 Å². The molecule has 3 nitrogen and oxygen atoms in total. The Morgan fingerprint density at radius 2 is 2.27 bits per heavy atom. The molecular weight excluding hydrogens is 326 g/mol. The summed E-state index contributed by atoms with van der Waals surface area (Å²) >= 11 is 6.65. The van der Waals surface area contributed by atoms with Crippen molar-refractivity contribution in [1.29, 1.82) is 0 Å². The summed E-state index contributed by atoms with van der Waals surface area (Å²) in [5.41, 5.74) is 0.606. The van der Waals surface area contributed by atoms with E-state index in [2.05, 4.69) is 36.8 Å². The van der Waals surface area contributed by atoms with Gasteiger partial charge in [0.05, 0.1) is 12.3 Å². The molecule has 84 valence electrons. The van der Waals surface area contributed by atoms with Crippen molar-refractivity contribution in [2.24, 2.45) is 0 Å². The van der Waals surface area contributed by atoms with Crippen molar-refractivity contribution in [2.75, 3.05) is 13.2 Å². The fourth-order valence-corrected chi connectivity index (χ4v) is 2.34. The van der Waals surface area contributed by atoms with Gasteiger partial charge in [0.1, 0.15) is 6.10 Å². The van der Waals surface area contributed by atoms with Crippen molar-refractivity contribution in [3.05, 3.63) is 26.9 Å². The van der Waals surface area contributed by atoms with E-state index in [-0.39, 0.29) is 6.61 Å². The number of rotatable bonds is 5. The van der Waals surface area contributed by atoms with E-state index < -0.39 is 6.10 Å². The Hall–Kier alpha value is 0.0300. The lowest BCUT2D eigenvalue weighted by atomic mass is 10.2. The van der Waals surface area contributed by atoms with Gasteiger partial charge in [-0.05, 0) is 44.3 Å². The third-order valence-electron chi connectivity index (χ3n) is 1.78. The second-order valence-corrected chi connectivity index (χ2v) is 4.88. The summed E-state index contributed by atoms with van der Waals surface area (Å²) in [4.78, 5) is 4.13. The summed E-state index contributed by atoms with van der Waals surface area (Å²) in [5, 5.41) is 9.79. The van der Waals surface area contributed by atoms with Gasteiger partial charge in [-0.15, -0.1) is 0 Å². The van der Waals surface area contributed by atoms with Gasteiger partial charge in [0.15, 0.2) is 0 Å². The SMILES string of the molecule is CCCOCC(O)c1ncc(Br)cc1Br. The quantitative estimate of drug-likeness (QED) is 0.839. The summed E-state index contributed by atoms with van der Waals surface area (Å²) < 4.78 is 6.92. The van der Waals surface area contributed by atoms with E-state index in [9.17, 15) is 5.11 Å². The van der Waals surface area contributed by atoms with Gasteiger partial charge in [0.2, 0.25) is 0 Å². The molecule has 0 aliphatic heterocycles. The molecule has 1 heterocycles. The van der Waals surface area contributed by atoms with E-state index in [1.165, 1.54) is 0 Å². The number of nitrogens with zero attached hydrogens (tertiary/aromatic N) is 1. The second-order valence-electron chi connectivity index (χ2n) is 3.11. The predicted molar refractivity (Wildman–Crippen MR) is 65.7 cm³/mol. The number of hydrogen-bond acceptors (Lipinski definition) is 3. The minimum absolute atomic E-state index is 0.279. The van der Waals surface area contributed by atoms with Gasteiger partial charge < -0.3 is 9.84 Å². The Balaban J connectivity index is 2.61. The zero-order valence-electron chi connectivity index (χ0n) is 8.41. The maximum Gasteiger partial charge on any atom is 0.120 e. The van der Waals surface area contributed by atoms with Crippen LogP contribution in [-0.2, 0) is 4.74 Å². The number of pyridine rings is 1. The maximum absolute atomic E-state index is 9.79. The number of halogens is 2. The molecule has 1 unspecified atom stereocenters. The normalized spacial score (nSPS) is 12.8. The zero-order chi connectivity index (χ0) is 11.3. The molecule has 0 aliphatic carbocycles. The molecule has 0 amide bonds. The third-order valence-corrected chi connectivity index (χ3v) is 2.84. The second kappa shape index (κ2) is 6.58. The smallest absolute Gasteiger partial charge is 0.120 e. The van der Waals surface area contributed by atoms with Crippen molar-refractivity contribution in [3.63, 3.8) is 0 Å². The van der Waals surface area contributed by atoms with Crippen LogP contribution < -0.4 is 0 Å². The molecule has 1 rings (SSSR count). The number of aliphatic hydroxyl groups excluding tert-OH is 1. The van der Waals surface area contributed by atoms with Crippen LogP contribution in [-0.4, -0.2) is 23.3 Å². The van der Waals surface area contributed by atoms with Gasteiger partial charge in [-0.3, -0.25) is 4.98 Å². The van der Waals surface area contributed by atoms with Crippen molar-refractivity contribution in [1.82, 2.24) is 4.98 Å². The first-order chi connectivity index (χ1) is 7.15. The average Bonchev–Trinajstić information content (AvgIpc) is 2.17. The molecule has 1 aromatic rings. The standard InChI is InChI=1S/C10H13Br2NO2/c1-2-3-15-6-9(14)10-8(12)4-7(11)5-13-10/h4-5,9,14H,2-3,6H2,1H3. The lowest BCUT2D eigenvalue weighted by Crippen LogP contribution is -2.10. The molecule has 1 aromatic heterocycles. The minimum Gasteiger partial charge on any atom is -0.384 e. The monoisotopic (exact) mass is 337 g/mol. The van der Waals surface area contributed by atoms with E-state index in [1.54, 1.807) is 6.20 Å². The van der Waals surface area contributed by atoms with Crippen LogP contribution >= 0.6 is 31.9 Å². The number of aliphatic hydroxyl groups is 1. The molecule has 5 heteroatoms. The molecule has 15 heavy (non-hydrogen) atoms. The van der Waals surface area contributed by atoms with Crippen LogP contribution in [0.2, 0.25) is 0 Å². The molecule has 1 atom stereocenters. The first-order valence-electron chi connectivity index (χ1n) is 4.72. The molecule has 0 saturated heterocycles. The number of aromatic nitrogens is 1. The van der Waals surface area contributed by atoms with Crippen LogP contribution in [0.1, 0.15) is 25.1 Å². The lowest BCUT2D eigenvalue weighted by molar-refractivity contribution is 0.0338. The maximum atomic E-state index is 9.79. The van der Waals surface area contributed by atoms with Gasteiger partial charge >= 0.3 is 0 Å². The molecule has 0 spiro atoms. The van der Waals surface area contributed by atoms with Crippen LogP contribution in [0.25, 0.3) is 0 Å². The van der Waals surface area contributed by atoms with Crippen molar-refractivity contribution >= 4 is 31.9 Å². The van der Waals surface area contributed by atoms with E-state index in [0.717, 1.165) is 15.4 Å². The Morgan fingerprint density at radius 3 is 2.87 bits per heavy atom. The topological polar surface area (TPSA) is 42.4 Å². The van der Waals surface area contributed by atoms with Crippen LogP contribution in [0.4, 0.5) is 0 Å². The molecule has 0 aromatic carbocycles. The molecule has 0 aliphatic rings. The van der Waals surface area contributed by atoms with E-state index >= 15 is 0 Å². The summed E-state index contributed by atoms with van der Waals surface area (Å²) in [6.45, 7) is 2.96. The summed E-state index contributed by atoms with van der Waals surface area (Å²) in [7, 11) is 0. The van der Waals surface area contributed by atoms with Crippen LogP contribution in [0, 0.1) is 0 Å². The van der Waals surface area contributed by atoms with Crippen LogP contribution in [0.3, 0.4) is 0 Å². The number of ether oxygens (including phenoxy) is 1. The summed E-state index contributed by atoms with van der Waals surface area (Å²) in [5.74, 6) is 0. The molecular formula is C10H13Br2NO2. The zero-order valence-corrected chi connectivity index (χ0v) is 11.6. The van der Waals surface area contributed by atoms with E-state index in [0.29, 0.717) is 12.3 Å². The highest BCUT2D eigenvalue weighted by Gasteiger charge is 2.13. The summed E-state index contributed by atoms with van der Waals surface area (Å²) in [6, 6.07) is 1.85. The van der Waals surface area contributed by atoms with Gasteiger partial charge in [-0.2, -0.15) is 0 Å². The summed E-state index contributed by atoms with van der Waals surface area (Å²) in [6.07, 6.45) is 1.92. The number of hydrogen-bond donors (Lipinski definition) is 1. The first-order valence-corrected chi connectivity index (χ1v) is 6.30. The van der Waals surface area contributed by atoms with Gasteiger partial charge in [0, 0.05) is 21.7 Å². The molecule has 0 fully saturated rings. The Kier molecular flexibility index (Phi) is 5.74. The van der Waals surface area contributed by atoms with E-state index in [1.807, 2.05) is 13.0 Å². The highest BCUT2D eigenvalue weighted by atomic mass is 79.9. The largest absolute Gasteiger partial charge is 0.384 e. The van der Waals surface area contributed by atoms with Gasteiger partial charge in [-0.25, -0.2) is 0 Å². The van der Waals surface area contributed by atoms with Crippen molar-refractivity contribution < 1.29 is 9.84 Å². The third kappa shape index (κ3) is 4.18. The Labute approximate surface area is 106 Å². The van der Waals surface area contributed by atoms with Gasteiger partial charge in [0.25, 0.3) is 0 Å². The Bertz CT molecular complexity index is 320. The average molecular weight is 339 g/mol. The highest BCUT2D eigenvalue weighted by Crippen LogP contribution is 2.24. The van der Waals surface area contributed by atoms with Crippen molar-refractivity contribution in [3.8, 4) is 0 Å². The highest BCUT2D eigenvalue weighted by molar-refractivity contribution is 9.11. The first kappa shape index (κ1) is 13.1. The molecule has 0 radical (unpaired) electrons. The fraction of sp³-hybridized carbons (Fsp3) is 0.500. The Morgan fingerprint density at radius 1 is 1.53 bits per heavy atom. The molecule has 1 N–H and O–H groups in total. The van der Waals surface area contributed by atoms with Crippen LogP contribution in [0.15, 0.2) is 21.2 Å². The van der Waals surface area contributed by atoms with E-state index in [4.69, 9.17) is 4.74 Å². The fourth-order valence-electron chi connectivity index (χ4n) is 1.09. The predicted octanol–water partition coefficient (Wildman–Crippen LogP) is 3.07. The molecule has 0 bridgehead atoms. The minimum atomic E-state index is -0.681.